The Labute approximate surface area is 178 Å². The van der Waals surface area contributed by atoms with Gasteiger partial charge in [0.25, 0.3) is 11.8 Å². The molecule has 2 aromatic heterocycles. The lowest BCUT2D eigenvalue weighted by molar-refractivity contribution is 0.0963. The third kappa shape index (κ3) is 3.50. The third-order valence-electron chi connectivity index (χ3n) is 4.06. The molecule has 0 unspecified atom stereocenters. The van der Waals surface area contributed by atoms with Gasteiger partial charge in [0, 0.05) is 20.9 Å². The normalized spacial score (nSPS) is 10.8. The van der Waals surface area contributed by atoms with Crippen LogP contribution in [0.15, 0.2) is 66.9 Å². The van der Waals surface area contributed by atoms with E-state index in [1.54, 1.807) is 54.7 Å². The van der Waals surface area contributed by atoms with Crippen LogP contribution in [0.4, 0.5) is 5.95 Å². The summed E-state index contributed by atoms with van der Waals surface area (Å²) >= 11 is 8.41. The molecule has 0 aliphatic heterocycles. The SMILES string of the molecule is O=C(Nc1nc(Cl)c2c(I)cn(C(=O)c3ccccc3)c2n1)c1ccccc1. The van der Waals surface area contributed by atoms with Crippen LogP contribution in [0.2, 0.25) is 5.15 Å². The smallest absolute Gasteiger partial charge is 0.263 e. The summed E-state index contributed by atoms with van der Waals surface area (Å²) in [5, 5.41) is 3.36. The van der Waals surface area contributed by atoms with Gasteiger partial charge in [-0.25, -0.2) is 0 Å². The fourth-order valence-electron chi connectivity index (χ4n) is 2.73. The number of nitrogens with zero attached hydrogens (tertiary/aromatic N) is 3. The van der Waals surface area contributed by atoms with Gasteiger partial charge in [-0.2, -0.15) is 9.97 Å². The first-order valence-electron chi connectivity index (χ1n) is 8.25. The molecule has 0 bridgehead atoms. The van der Waals surface area contributed by atoms with Gasteiger partial charge in [-0.3, -0.25) is 19.5 Å². The van der Waals surface area contributed by atoms with E-state index in [9.17, 15) is 9.59 Å². The number of aromatic nitrogens is 3. The molecule has 1 N–H and O–H groups in total. The second-order valence-corrected chi connectivity index (χ2v) is 7.40. The molecule has 0 atom stereocenters. The van der Waals surface area contributed by atoms with E-state index in [-0.39, 0.29) is 22.9 Å². The van der Waals surface area contributed by atoms with Gasteiger partial charge in [0.05, 0.1) is 5.39 Å². The zero-order chi connectivity index (χ0) is 19.7. The zero-order valence-electron chi connectivity index (χ0n) is 14.3. The molecule has 0 aliphatic carbocycles. The summed E-state index contributed by atoms with van der Waals surface area (Å²) in [6.45, 7) is 0. The van der Waals surface area contributed by atoms with E-state index in [0.717, 1.165) is 3.57 Å². The summed E-state index contributed by atoms with van der Waals surface area (Å²) < 4.78 is 2.15. The van der Waals surface area contributed by atoms with Crippen molar-refractivity contribution in [3.8, 4) is 0 Å². The minimum atomic E-state index is -0.363. The van der Waals surface area contributed by atoms with Crippen LogP contribution in [-0.2, 0) is 0 Å². The molecule has 0 fully saturated rings. The molecular weight excluding hydrogens is 491 g/mol. The van der Waals surface area contributed by atoms with Gasteiger partial charge in [0.2, 0.25) is 5.95 Å². The average molecular weight is 503 g/mol. The fraction of sp³-hybridized carbons (Fsp3) is 0. The Morgan fingerprint density at radius 1 is 0.929 bits per heavy atom. The molecule has 2 heterocycles. The Balaban J connectivity index is 1.77. The molecule has 0 aliphatic rings. The molecule has 0 saturated heterocycles. The van der Waals surface area contributed by atoms with E-state index in [1.165, 1.54) is 4.57 Å². The summed E-state index contributed by atoms with van der Waals surface area (Å²) in [6.07, 6.45) is 1.66. The molecule has 4 rings (SSSR count). The number of fused-ring (bicyclic) bond motifs is 1. The van der Waals surface area contributed by atoms with Crippen LogP contribution in [-0.4, -0.2) is 26.3 Å². The van der Waals surface area contributed by atoms with Crippen molar-refractivity contribution in [3.63, 3.8) is 0 Å². The maximum absolute atomic E-state index is 12.9. The van der Waals surface area contributed by atoms with Gasteiger partial charge in [0.15, 0.2) is 5.65 Å². The quantitative estimate of drug-likeness (QED) is 0.327. The number of benzene rings is 2. The number of halogens is 2. The highest BCUT2D eigenvalue weighted by Gasteiger charge is 2.20. The van der Waals surface area contributed by atoms with Crippen molar-refractivity contribution in [2.24, 2.45) is 0 Å². The first-order valence-corrected chi connectivity index (χ1v) is 9.70. The number of nitrogens with one attached hydrogen (secondary N) is 1. The standard InChI is InChI=1S/C20H12ClIN4O2/c21-16-15-14(22)11-26(19(28)13-9-5-2-6-10-13)17(15)24-20(23-16)25-18(27)12-7-3-1-4-8-12/h1-11H,(H,23,24,25,27). The number of hydrogen-bond donors (Lipinski definition) is 1. The summed E-state index contributed by atoms with van der Waals surface area (Å²) in [4.78, 5) is 33.9. The van der Waals surface area contributed by atoms with Gasteiger partial charge < -0.3 is 0 Å². The van der Waals surface area contributed by atoms with Gasteiger partial charge in [-0.05, 0) is 46.9 Å². The highest BCUT2D eigenvalue weighted by atomic mass is 127. The van der Waals surface area contributed by atoms with Crippen molar-refractivity contribution in [2.45, 2.75) is 0 Å². The molecular formula is C20H12ClIN4O2. The average Bonchev–Trinajstić information content (AvgIpc) is 3.05. The molecule has 138 valence electrons. The summed E-state index contributed by atoms with van der Waals surface area (Å²) in [5.41, 5.74) is 1.31. The lowest BCUT2D eigenvalue weighted by Crippen LogP contribution is -2.16. The highest BCUT2D eigenvalue weighted by Crippen LogP contribution is 2.29. The topological polar surface area (TPSA) is 76.9 Å². The molecule has 1 amide bonds. The maximum Gasteiger partial charge on any atom is 0.263 e. The van der Waals surface area contributed by atoms with Crippen LogP contribution < -0.4 is 5.32 Å². The highest BCUT2D eigenvalue weighted by molar-refractivity contribution is 14.1. The van der Waals surface area contributed by atoms with Gasteiger partial charge in [-0.15, -0.1) is 0 Å². The van der Waals surface area contributed by atoms with Crippen molar-refractivity contribution in [1.82, 2.24) is 14.5 Å². The predicted octanol–water partition coefficient (Wildman–Crippen LogP) is 4.63. The van der Waals surface area contributed by atoms with Crippen LogP contribution in [0.3, 0.4) is 0 Å². The molecule has 4 aromatic rings. The van der Waals surface area contributed by atoms with Crippen LogP contribution in [0, 0.1) is 3.57 Å². The Morgan fingerprint density at radius 3 is 2.18 bits per heavy atom. The van der Waals surface area contributed by atoms with Crippen molar-refractivity contribution < 1.29 is 9.59 Å². The number of carbonyl (C=O) groups is 2. The van der Waals surface area contributed by atoms with Gasteiger partial charge >= 0.3 is 0 Å². The number of amides is 1. The lowest BCUT2D eigenvalue weighted by atomic mass is 10.2. The summed E-state index contributed by atoms with van der Waals surface area (Å²) in [7, 11) is 0. The van der Waals surface area contributed by atoms with Crippen LogP contribution >= 0.6 is 34.2 Å². The maximum atomic E-state index is 12.9. The monoisotopic (exact) mass is 502 g/mol. The first-order chi connectivity index (χ1) is 13.5. The molecule has 8 heteroatoms. The molecule has 28 heavy (non-hydrogen) atoms. The van der Waals surface area contributed by atoms with E-state index >= 15 is 0 Å². The second kappa shape index (κ2) is 7.69. The van der Waals surface area contributed by atoms with E-state index in [0.29, 0.717) is 22.2 Å². The lowest BCUT2D eigenvalue weighted by Gasteiger charge is -2.07. The minimum Gasteiger partial charge on any atom is -0.290 e. The first kappa shape index (κ1) is 18.6. The van der Waals surface area contributed by atoms with Gasteiger partial charge in [0.1, 0.15) is 5.15 Å². The van der Waals surface area contributed by atoms with Crippen LogP contribution in [0.5, 0.6) is 0 Å². The fourth-order valence-corrected chi connectivity index (χ4v) is 3.94. The Morgan fingerprint density at radius 2 is 1.54 bits per heavy atom. The predicted molar refractivity (Wildman–Crippen MR) is 116 cm³/mol. The Kier molecular flexibility index (Phi) is 5.10. The molecule has 2 aromatic carbocycles. The number of rotatable bonds is 3. The number of anilines is 1. The number of hydrogen-bond acceptors (Lipinski definition) is 4. The Hall–Kier alpha value is -2.78. The van der Waals surface area contributed by atoms with E-state index < -0.39 is 0 Å². The van der Waals surface area contributed by atoms with E-state index in [1.807, 2.05) is 12.1 Å². The summed E-state index contributed by atoms with van der Waals surface area (Å²) in [5.74, 6) is -0.579. The van der Waals surface area contributed by atoms with E-state index in [2.05, 4.69) is 37.9 Å². The molecule has 0 radical (unpaired) electrons. The van der Waals surface area contributed by atoms with E-state index in [4.69, 9.17) is 11.6 Å². The number of carbonyl (C=O) groups excluding carboxylic acids is 2. The van der Waals surface area contributed by atoms with Crippen molar-refractivity contribution in [2.75, 3.05) is 5.32 Å². The van der Waals surface area contributed by atoms with Crippen LogP contribution in [0.25, 0.3) is 11.0 Å². The van der Waals surface area contributed by atoms with Crippen molar-refractivity contribution >= 4 is 63.0 Å². The molecule has 0 saturated carbocycles. The minimum absolute atomic E-state index is 0.0305. The van der Waals surface area contributed by atoms with Gasteiger partial charge in [-0.1, -0.05) is 48.0 Å². The van der Waals surface area contributed by atoms with Crippen molar-refractivity contribution in [1.29, 1.82) is 0 Å². The zero-order valence-corrected chi connectivity index (χ0v) is 17.2. The van der Waals surface area contributed by atoms with Crippen molar-refractivity contribution in [3.05, 3.63) is 86.7 Å². The third-order valence-corrected chi connectivity index (χ3v) is 5.15. The summed E-state index contributed by atoms with van der Waals surface area (Å²) in [6, 6.07) is 17.6. The molecule has 0 spiro atoms. The second-order valence-electron chi connectivity index (χ2n) is 5.87. The molecule has 6 nitrogen and oxygen atoms in total. The largest absolute Gasteiger partial charge is 0.290 e. The van der Waals surface area contributed by atoms with Crippen LogP contribution in [0.1, 0.15) is 20.7 Å². The Bertz CT molecular complexity index is 1190.